The van der Waals surface area contributed by atoms with E-state index in [0.717, 1.165) is 18.8 Å². The van der Waals surface area contributed by atoms with Gasteiger partial charge in [0.05, 0.1) is 11.4 Å². The summed E-state index contributed by atoms with van der Waals surface area (Å²) >= 11 is 0. The first kappa shape index (κ1) is 14.1. The molecule has 0 fully saturated rings. The lowest BCUT2D eigenvalue weighted by molar-refractivity contribution is 0.101. The highest BCUT2D eigenvalue weighted by Crippen LogP contribution is 2.26. The minimum atomic E-state index is 0.0364. The van der Waals surface area contributed by atoms with Gasteiger partial charge in [-0.3, -0.25) is 4.79 Å². The summed E-state index contributed by atoms with van der Waals surface area (Å²) < 4.78 is 0. The number of nitrogens with zero attached hydrogens (tertiary/aromatic N) is 1. The molecule has 0 radical (unpaired) electrons. The predicted molar refractivity (Wildman–Crippen MR) is 84.0 cm³/mol. The van der Waals surface area contributed by atoms with Crippen molar-refractivity contribution in [3.63, 3.8) is 0 Å². The van der Waals surface area contributed by atoms with Crippen LogP contribution >= 0.6 is 0 Å². The quantitative estimate of drug-likeness (QED) is 0.667. The van der Waals surface area contributed by atoms with E-state index in [-0.39, 0.29) is 5.78 Å². The lowest BCUT2D eigenvalue weighted by Crippen LogP contribution is -2.23. The number of nitrogen functional groups attached to an aromatic ring is 1. The summed E-state index contributed by atoms with van der Waals surface area (Å²) in [5, 5.41) is 0. The van der Waals surface area contributed by atoms with Crippen LogP contribution < -0.4 is 10.6 Å². The number of hydrogen-bond donors (Lipinski definition) is 1. The lowest BCUT2D eigenvalue weighted by atomic mass is 10.1. The number of carbonyl (C=O) groups is 1. The molecule has 0 amide bonds. The van der Waals surface area contributed by atoms with E-state index in [1.165, 1.54) is 5.56 Å². The van der Waals surface area contributed by atoms with Crippen molar-refractivity contribution in [2.45, 2.75) is 20.4 Å². The second-order valence-corrected chi connectivity index (χ2v) is 4.83. The number of nitrogens with two attached hydrogens (primary N) is 1. The molecule has 2 N–H and O–H groups in total. The van der Waals surface area contributed by atoms with Gasteiger partial charge in [-0.2, -0.15) is 0 Å². The normalized spacial score (nSPS) is 10.3. The molecule has 2 aromatic carbocycles. The average Bonchev–Trinajstić information content (AvgIpc) is 2.46. The van der Waals surface area contributed by atoms with Crippen molar-refractivity contribution in [1.82, 2.24) is 0 Å². The highest BCUT2D eigenvalue weighted by Gasteiger charge is 2.10. The Bertz CT molecular complexity index is 593. The van der Waals surface area contributed by atoms with Crippen LogP contribution in [0.15, 0.2) is 48.5 Å². The zero-order chi connectivity index (χ0) is 14.5. The summed E-state index contributed by atoms with van der Waals surface area (Å²) in [4.78, 5) is 13.6. The van der Waals surface area contributed by atoms with Gasteiger partial charge in [0.15, 0.2) is 5.78 Å². The molecule has 0 saturated heterocycles. The fourth-order valence-electron chi connectivity index (χ4n) is 2.23. The molecule has 0 heterocycles. The van der Waals surface area contributed by atoms with Crippen molar-refractivity contribution >= 4 is 17.2 Å². The third-order valence-corrected chi connectivity index (χ3v) is 3.37. The Morgan fingerprint density at radius 2 is 1.85 bits per heavy atom. The molecule has 3 nitrogen and oxygen atoms in total. The molecule has 2 aromatic rings. The third-order valence-electron chi connectivity index (χ3n) is 3.37. The van der Waals surface area contributed by atoms with Gasteiger partial charge in [-0.15, -0.1) is 0 Å². The number of rotatable bonds is 5. The van der Waals surface area contributed by atoms with E-state index in [9.17, 15) is 4.79 Å². The van der Waals surface area contributed by atoms with Crippen LogP contribution in [0.25, 0.3) is 0 Å². The van der Waals surface area contributed by atoms with Gasteiger partial charge in [-0.25, -0.2) is 0 Å². The number of Topliss-reactive ketones (excluding diaryl/α,β-unsaturated/α-hetero) is 1. The van der Waals surface area contributed by atoms with Gasteiger partial charge in [0, 0.05) is 18.7 Å². The first-order valence-electron chi connectivity index (χ1n) is 6.81. The maximum Gasteiger partial charge on any atom is 0.159 e. The lowest BCUT2D eigenvalue weighted by Gasteiger charge is -2.25. The van der Waals surface area contributed by atoms with Gasteiger partial charge in [-0.1, -0.05) is 30.3 Å². The van der Waals surface area contributed by atoms with Crippen molar-refractivity contribution in [2.75, 3.05) is 17.2 Å². The molecule has 0 aromatic heterocycles. The van der Waals surface area contributed by atoms with Gasteiger partial charge in [0.2, 0.25) is 0 Å². The molecule has 3 heteroatoms. The molecular weight excluding hydrogens is 248 g/mol. The highest BCUT2D eigenvalue weighted by molar-refractivity contribution is 5.96. The van der Waals surface area contributed by atoms with Crippen LogP contribution in [0, 0.1) is 0 Å². The number of carbonyl (C=O) groups excluding carboxylic acids is 1. The maximum absolute atomic E-state index is 11.4. The van der Waals surface area contributed by atoms with Crippen LogP contribution in [0.4, 0.5) is 11.4 Å². The zero-order valence-electron chi connectivity index (χ0n) is 12.0. The fraction of sp³-hybridized carbons (Fsp3) is 0.235. The maximum atomic E-state index is 11.4. The van der Waals surface area contributed by atoms with Gasteiger partial charge in [-0.05, 0) is 37.6 Å². The van der Waals surface area contributed by atoms with Crippen LogP contribution in [-0.4, -0.2) is 12.3 Å². The highest BCUT2D eigenvalue weighted by atomic mass is 16.1. The van der Waals surface area contributed by atoms with Crippen molar-refractivity contribution < 1.29 is 4.79 Å². The van der Waals surface area contributed by atoms with Crippen LogP contribution in [-0.2, 0) is 6.54 Å². The molecular formula is C17H20N2O. The topological polar surface area (TPSA) is 46.3 Å². The van der Waals surface area contributed by atoms with Gasteiger partial charge < -0.3 is 10.6 Å². The molecule has 0 aliphatic heterocycles. The molecule has 0 atom stereocenters. The minimum absolute atomic E-state index is 0.0364. The third kappa shape index (κ3) is 3.18. The number of ketones is 1. The minimum Gasteiger partial charge on any atom is -0.397 e. The molecule has 0 spiro atoms. The van der Waals surface area contributed by atoms with E-state index in [1.807, 2.05) is 30.3 Å². The molecule has 0 unspecified atom stereocenters. The van der Waals surface area contributed by atoms with Crippen molar-refractivity contribution in [2.24, 2.45) is 0 Å². The van der Waals surface area contributed by atoms with Crippen molar-refractivity contribution in [3.8, 4) is 0 Å². The van der Waals surface area contributed by atoms with E-state index < -0.39 is 0 Å². The summed E-state index contributed by atoms with van der Waals surface area (Å²) in [5.41, 5.74) is 9.61. The molecule has 0 aliphatic rings. The van der Waals surface area contributed by atoms with Crippen molar-refractivity contribution in [1.29, 1.82) is 0 Å². The van der Waals surface area contributed by atoms with Gasteiger partial charge in [0.1, 0.15) is 0 Å². The van der Waals surface area contributed by atoms with Crippen molar-refractivity contribution in [3.05, 3.63) is 59.7 Å². The Kier molecular flexibility index (Phi) is 4.41. The molecule has 2 rings (SSSR count). The summed E-state index contributed by atoms with van der Waals surface area (Å²) in [6.45, 7) is 5.32. The average molecular weight is 268 g/mol. The largest absolute Gasteiger partial charge is 0.397 e. The summed E-state index contributed by atoms with van der Waals surface area (Å²) in [5.74, 6) is 0.0364. The Morgan fingerprint density at radius 3 is 2.40 bits per heavy atom. The van der Waals surface area contributed by atoms with Crippen LogP contribution in [0.2, 0.25) is 0 Å². The van der Waals surface area contributed by atoms with Crippen LogP contribution in [0.5, 0.6) is 0 Å². The van der Waals surface area contributed by atoms with Gasteiger partial charge in [0.25, 0.3) is 0 Å². The second-order valence-electron chi connectivity index (χ2n) is 4.83. The predicted octanol–water partition coefficient (Wildman–Crippen LogP) is 3.50. The molecule has 20 heavy (non-hydrogen) atoms. The summed E-state index contributed by atoms with van der Waals surface area (Å²) in [6.07, 6.45) is 0. The number of benzene rings is 2. The SMILES string of the molecule is CCN(Cc1ccccc1)c1ccc(C(C)=O)cc1N. The molecule has 0 bridgehead atoms. The van der Waals surface area contributed by atoms with E-state index in [1.54, 1.807) is 13.0 Å². The summed E-state index contributed by atoms with van der Waals surface area (Å²) in [6, 6.07) is 15.8. The van der Waals surface area contributed by atoms with E-state index in [2.05, 4.69) is 24.0 Å². The Morgan fingerprint density at radius 1 is 1.15 bits per heavy atom. The zero-order valence-corrected chi connectivity index (χ0v) is 12.0. The van der Waals surface area contributed by atoms with E-state index in [4.69, 9.17) is 5.73 Å². The van der Waals surface area contributed by atoms with Gasteiger partial charge >= 0.3 is 0 Å². The monoisotopic (exact) mass is 268 g/mol. The Labute approximate surface area is 120 Å². The summed E-state index contributed by atoms with van der Waals surface area (Å²) in [7, 11) is 0. The first-order chi connectivity index (χ1) is 9.61. The van der Waals surface area contributed by atoms with Crippen LogP contribution in [0.3, 0.4) is 0 Å². The first-order valence-corrected chi connectivity index (χ1v) is 6.81. The second kappa shape index (κ2) is 6.24. The Balaban J connectivity index is 2.26. The van der Waals surface area contributed by atoms with E-state index >= 15 is 0 Å². The fourth-order valence-corrected chi connectivity index (χ4v) is 2.23. The molecule has 0 aliphatic carbocycles. The van der Waals surface area contributed by atoms with E-state index in [0.29, 0.717) is 11.3 Å². The Hall–Kier alpha value is -2.29. The number of anilines is 2. The smallest absolute Gasteiger partial charge is 0.159 e. The molecule has 104 valence electrons. The standard InChI is InChI=1S/C17H20N2O/c1-3-19(12-14-7-5-4-6-8-14)17-10-9-15(13(2)20)11-16(17)18/h4-11H,3,12,18H2,1-2H3. The van der Waals surface area contributed by atoms with Crippen LogP contribution in [0.1, 0.15) is 29.8 Å². The number of hydrogen-bond acceptors (Lipinski definition) is 3. The molecule has 0 saturated carbocycles.